The fourth-order valence-corrected chi connectivity index (χ4v) is 2.11. The van der Waals surface area contributed by atoms with Crippen molar-refractivity contribution in [3.8, 4) is 5.75 Å². The first kappa shape index (κ1) is 9.53. The van der Waals surface area contributed by atoms with Gasteiger partial charge in [-0.25, -0.2) is 0 Å². The Bertz CT molecular complexity index is 346. The first-order valence-electron chi connectivity index (χ1n) is 5.14. The van der Waals surface area contributed by atoms with Gasteiger partial charge in [-0.15, -0.1) is 0 Å². The van der Waals surface area contributed by atoms with Crippen molar-refractivity contribution in [3.05, 3.63) is 28.8 Å². The van der Waals surface area contributed by atoms with Gasteiger partial charge in [0.2, 0.25) is 0 Å². The third-order valence-electron chi connectivity index (χ3n) is 2.62. The van der Waals surface area contributed by atoms with Crippen LogP contribution in [-0.4, -0.2) is 13.2 Å². The summed E-state index contributed by atoms with van der Waals surface area (Å²) in [5.74, 6) is 1.11. The van der Waals surface area contributed by atoms with Gasteiger partial charge in [0.25, 0.3) is 0 Å². The lowest BCUT2D eigenvalue weighted by atomic mass is 10.0. The molecule has 76 valence electrons. The summed E-state index contributed by atoms with van der Waals surface area (Å²) < 4.78 is 5.75. The third kappa shape index (κ3) is 1.62. The standard InChI is InChI=1S/C12H17NO/c1-8-4-10(7-13-3)6-11-5-9(2)14-12(8)11/h4,6,9,13H,5,7H2,1-3H3. The Balaban J connectivity index is 2.36. The molecule has 1 N–H and O–H groups in total. The van der Waals surface area contributed by atoms with Crippen LogP contribution in [0.25, 0.3) is 0 Å². The highest BCUT2D eigenvalue weighted by atomic mass is 16.5. The second-order valence-electron chi connectivity index (χ2n) is 4.06. The molecule has 2 rings (SSSR count). The largest absolute Gasteiger partial charge is 0.490 e. The maximum atomic E-state index is 5.75. The zero-order valence-corrected chi connectivity index (χ0v) is 9.05. The van der Waals surface area contributed by atoms with E-state index in [9.17, 15) is 0 Å². The molecule has 0 fully saturated rings. The van der Waals surface area contributed by atoms with Crippen molar-refractivity contribution < 1.29 is 4.74 Å². The molecule has 0 radical (unpaired) electrons. The molecule has 2 nitrogen and oxygen atoms in total. The molecule has 0 aliphatic carbocycles. The van der Waals surface area contributed by atoms with Crippen LogP contribution < -0.4 is 10.1 Å². The number of nitrogens with one attached hydrogen (secondary N) is 1. The van der Waals surface area contributed by atoms with Crippen molar-refractivity contribution in [1.82, 2.24) is 5.32 Å². The number of ether oxygens (including phenoxy) is 1. The van der Waals surface area contributed by atoms with Crippen LogP contribution in [0.5, 0.6) is 5.75 Å². The smallest absolute Gasteiger partial charge is 0.125 e. The highest BCUT2D eigenvalue weighted by Gasteiger charge is 2.21. The van der Waals surface area contributed by atoms with E-state index in [2.05, 4.69) is 31.3 Å². The Morgan fingerprint density at radius 3 is 3.00 bits per heavy atom. The van der Waals surface area contributed by atoms with Gasteiger partial charge >= 0.3 is 0 Å². The summed E-state index contributed by atoms with van der Waals surface area (Å²) in [7, 11) is 1.97. The van der Waals surface area contributed by atoms with Crippen LogP contribution in [-0.2, 0) is 13.0 Å². The normalized spacial score (nSPS) is 19.2. The lowest BCUT2D eigenvalue weighted by Gasteiger charge is -2.08. The van der Waals surface area contributed by atoms with E-state index in [1.54, 1.807) is 0 Å². The van der Waals surface area contributed by atoms with Crippen molar-refractivity contribution in [2.45, 2.75) is 32.9 Å². The van der Waals surface area contributed by atoms with E-state index >= 15 is 0 Å². The van der Waals surface area contributed by atoms with Gasteiger partial charge in [0.15, 0.2) is 0 Å². The van der Waals surface area contributed by atoms with Crippen molar-refractivity contribution in [2.75, 3.05) is 7.05 Å². The lowest BCUT2D eigenvalue weighted by Crippen LogP contribution is -2.05. The van der Waals surface area contributed by atoms with Gasteiger partial charge in [-0.1, -0.05) is 12.1 Å². The summed E-state index contributed by atoms with van der Waals surface area (Å²) in [6.07, 6.45) is 1.39. The van der Waals surface area contributed by atoms with Crippen LogP contribution >= 0.6 is 0 Å². The highest BCUT2D eigenvalue weighted by molar-refractivity contribution is 5.46. The Hall–Kier alpha value is -1.02. The van der Waals surface area contributed by atoms with E-state index in [-0.39, 0.29) is 0 Å². The maximum absolute atomic E-state index is 5.75. The number of fused-ring (bicyclic) bond motifs is 1. The molecule has 0 bridgehead atoms. The molecular weight excluding hydrogens is 174 g/mol. The number of hydrogen-bond acceptors (Lipinski definition) is 2. The number of aryl methyl sites for hydroxylation is 1. The monoisotopic (exact) mass is 191 g/mol. The molecule has 0 saturated carbocycles. The summed E-state index contributed by atoms with van der Waals surface area (Å²) in [4.78, 5) is 0. The number of hydrogen-bond donors (Lipinski definition) is 1. The fourth-order valence-electron chi connectivity index (χ4n) is 2.11. The van der Waals surface area contributed by atoms with Gasteiger partial charge in [-0.2, -0.15) is 0 Å². The summed E-state index contributed by atoms with van der Waals surface area (Å²) in [5.41, 5.74) is 3.97. The fraction of sp³-hybridized carbons (Fsp3) is 0.500. The minimum absolute atomic E-state index is 0.341. The molecule has 1 atom stereocenters. The summed E-state index contributed by atoms with van der Waals surface area (Å²) >= 11 is 0. The average Bonchev–Trinajstić information content (AvgIpc) is 2.47. The summed E-state index contributed by atoms with van der Waals surface area (Å²) in [5, 5.41) is 3.17. The van der Waals surface area contributed by atoms with E-state index in [4.69, 9.17) is 4.74 Å². The maximum Gasteiger partial charge on any atom is 0.125 e. The second-order valence-corrected chi connectivity index (χ2v) is 4.06. The quantitative estimate of drug-likeness (QED) is 0.772. The molecule has 0 saturated heterocycles. The highest BCUT2D eigenvalue weighted by Crippen LogP contribution is 2.33. The molecule has 1 aromatic carbocycles. The number of benzene rings is 1. The molecule has 1 unspecified atom stereocenters. The molecule has 1 aromatic rings. The summed E-state index contributed by atoms with van der Waals surface area (Å²) in [6.45, 7) is 5.18. The Labute approximate surface area is 85.3 Å². The van der Waals surface area contributed by atoms with E-state index in [0.29, 0.717) is 6.10 Å². The van der Waals surface area contributed by atoms with E-state index in [1.807, 2.05) is 7.05 Å². The van der Waals surface area contributed by atoms with Crippen LogP contribution in [0, 0.1) is 6.92 Å². The summed E-state index contributed by atoms with van der Waals surface area (Å²) in [6, 6.07) is 4.45. The first-order chi connectivity index (χ1) is 6.70. The van der Waals surface area contributed by atoms with Gasteiger partial charge in [-0.05, 0) is 37.6 Å². The minimum atomic E-state index is 0.341. The molecular formula is C12H17NO. The molecule has 1 aliphatic rings. The molecule has 1 heterocycles. The zero-order valence-electron chi connectivity index (χ0n) is 9.05. The van der Waals surface area contributed by atoms with Crippen molar-refractivity contribution in [1.29, 1.82) is 0 Å². The third-order valence-corrected chi connectivity index (χ3v) is 2.62. The molecule has 1 aliphatic heterocycles. The van der Waals surface area contributed by atoms with Crippen LogP contribution in [0.2, 0.25) is 0 Å². The van der Waals surface area contributed by atoms with Crippen molar-refractivity contribution in [3.63, 3.8) is 0 Å². The van der Waals surface area contributed by atoms with Crippen LogP contribution in [0.4, 0.5) is 0 Å². The molecule has 0 spiro atoms. The topological polar surface area (TPSA) is 21.3 Å². The van der Waals surface area contributed by atoms with Gasteiger partial charge in [-0.3, -0.25) is 0 Å². The van der Waals surface area contributed by atoms with Gasteiger partial charge < -0.3 is 10.1 Å². The number of rotatable bonds is 2. The van der Waals surface area contributed by atoms with Crippen molar-refractivity contribution in [2.24, 2.45) is 0 Å². The predicted molar refractivity (Wildman–Crippen MR) is 57.7 cm³/mol. The zero-order chi connectivity index (χ0) is 10.1. The SMILES string of the molecule is CNCc1cc(C)c2c(c1)CC(C)O2. The minimum Gasteiger partial charge on any atom is -0.490 e. The van der Waals surface area contributed by atoms with E-state index in [0.717, 1.165) is 18.7 Å². The van der Waals surface area contributed by atoms with Gasteiger partial charge in [0.05, 0.1) is 0 Å². The van der Waals surface area contributed by atoms with E-state index in [1.165, 1.54) is 16.7 Å². The molecule has 14 heavy (non-hydrogen) atoms. The van der Waals surface area contributed by atoms with Crippen LogP contribution in [0.15, 0.2) is 12.1 Å². The average molecular weight is 191 g/mol. The molecule has 0 amide bonds. The first-order valence-corrected chi connectivity index (χ1v) is 5.14. The molecule has 2 heteroatoms. The van der Waals surface area contributed by atoms with Gasteiger partial charge in [0.1, 0.15) is 11.9 Å². The van der Waals surface area contributed by atoms with Crippen LogP contribution in [0.1, 0.15) is 23.6 Å². The Kier molecular flexibility index (Phi) is 2.46. The molecule has 0 aromatic heterocycles. The van der Waals surface area contributed by atoms with Crippen molar-refractivity contribution >= 4 is 0 Å². The van der Waals surface area contributed by atoms with Gasteiger partial charge in [0, 0.05) is 13.0 Å². The second kappa shape index (κ2) is 3.62. The Morgan fingerprint density at radius 2 is 2.29 bits per heavy atom. The lowest BCUT2D eigenvalue weighted by molar-refractivity contribution is 0.253. The Morgan fingerprint density at radius 1 is 1.50 bits per heavy atom. The predicted octanol–water partition coefficient (Wildman–Crippen LogP) is 2.04. The van der Waals surface area contributed by atoms with Crippen LogP contribution in [0.3, 0.4) is 0 Å². The van der Waals surface area contributed by atoms with E-state index < -0.39 is 0 Å².